The normalized spacial score (nSPS) is 10.9. The van der Waals surface area contributed by atoms with Crippen LogP contribution in [0.3, 0.4) is 0 Å². The van der Waals surface area contributed by atoms with E-state index >= 15 is 0 Å². The second-order valence-electron chi connectivity index (χ2n) is 4.23. The Labute approximate surface area is 123 Å². The van der Waals surface area contributed by atoms with E-state index in [9.17, 15) is 9.59 Å². The van der Waals surface area contributed by atoms with Crippen LogP contribution in [-0.4, -0.2) is 11.9 Å². The van der Waals surface area contributed by atoms with Crippen LogP contribution in [0.2, 0.25) is 0 Å². The summed E-state index contributed by atoms with van der Waals surface area (Å²) in [5.74, 6) is -1.39. The highest BCUT2D eigenvalue weighted by Crippen LogP contribution is 2.03. The van der Waals surface area contributed by atoms with Crippen molar-refractivity contribution in [3.63, 3.8) is 0 Å². The van der Waals surface area contributed by atoms with Crippen LogP contribution in [0.15, 0.2) is 72.8 Å². The Morgan fingerprint density at radius 1 is 0.667 bits per heavy atom. The molecule has 3 heteroatoms. The summed E-state index contributed by atoms with van der Waals surface area (Å²) in [4.78, 5) is 22.9. The fourth-order valence-electron chi connectivity index (χ4n) is 1.62. The van der Waals surface area contributed by atoms with E-state index in [4.69, 9.17) is 0 Å². The highest BCUT2D eigenvalue weighted by Gasteiger charge is 2.03. The van der Waals surface area contributed by atoms with Gasteiger partial charge >= 0.3 is 11.9 Å². The van der Waals surface area contributed by atoms with E-state index in [-0.39, 0.29) is 0 Å². The molecule has 0 saturated carbocycles. The Balaban J connectivity index is 1.87. The number of hydrogen-bond acceptors (Lipinski definition) is 3. The molecule has 0 saturated heterocycles. The number of esters is 2. The second kappa shape index (κ2) is 7.60. The van der Waals surface area contributed by atoms with Gasteiger partial charge in [0.05, 0.1) is 0 Å². The fraction of sp³-hybridized carbons (Fsp3) is 0. The summed E-state index contributed by atoms with van der Waals surface area (Å²) in [6.07, 6.45) is 5.64. The summed E-state index contributed by atoms with van der Waals surface area (Å²) in [6, 6.07) is 18.6. The van der Waals surface area contributed by atoms with Crippen LogP contribution in [0.4, 0.5) is 0 Å². The summed E-state index contributed by atoms with van der Waals surface area (Å²) in [5.41, 5.74) is 1.73. The van der Waals surface area contributed by atoms with Crippen molar-refractivity contribution < 1.29 is 14.3 Å². The summed E-state index contributed by atoms with van der Waals surface area (Å²) >= 11 is 0. The molecular formula is C18H14O3. The number of ether oxygens (including phenoxy) is 1. The van der Waals surface area contributed by atoms with E-state index in [1.807, 2.05) is 60.7 Å². The predicted octanol–water partition coefficient (Wildman–Crippen LogP) is 3.48. The van der Waals surface area contributed by atoms with Gasteiger partial charge < -0.3 is 4.74 Å². The molecule has 0 N–H and O–H groups in total. The van der Waals surface area contributed by atoms with Crippen molar-refractivity contribution in [3.05, 3.63) is 83.9 Å². The van der Waals surface area contributed by atoms with E-state index in [1.165, 1.54) is 12.2 Å². The van der Waals surface area contributed by atoms with Crippen LogP contribution in [0.25, 0.3) is 12.2 Å². The molecule has 2 rings (SSSR count). The van der Waals surface area contributed by atoms with Gasteiger partial charge in [-0.15, -0.1) is 0 Å². The molecule has 2 aromatic rings. The minimum Gasteiger partial charge on any atom is -0.387 e. The predicted molar refractivity (Wildman–Crippen MR) is 82.1 cm³/mol. The quantitative estimate of drug-likeness (QED) is 0.488. The molecular weight excluding hydrogens is 264 g/mol. The molecule has 2 aromatic carbocycles. The van der Waals surface area contributed by atoms with Crippen molar-refractivity contribution in [2.75, 3.05) is 0 Å². The minimum absolute atomic E-state index is 0.693. The van der Waals surface area contributed by atoms with Crippen LogP contribution >= 0.6 is 0 Å². The van der Waals surface area contributed by atoms with Gasteiger partial charge in [0.15, 0.2) is 0 Å². The fourth-order valence-corrected chi connectivity index (χ4v) is 1.62. The average Bonchev–Trinajstić information content (AvgIpc) is 2.53. The van der Waals surface area contributed by atoms with Gasteiger partial charge in [0.25, 0.3) is 0 Å². The molecule has 104 valence electrons. The number of hydrogen-bond donors (Lipinski definition) is 0. The average molecular weight is 278 g/mol. The number of benzene rings is 2. The van der Waals surface area contributed by atoms with Gasteiger partial charge in [0.1, 0.15) is 0 Å². The first-order valence-corrected chi connectivity index (χ1v) is 6.46. The maximum Gasteiger partial charge on any atom is 0.338 e. The third kappa shape index (κ3) is 5.28. The number of rotatable bonds is 4. The molecule has 0 atom stereocenters. The lowest BCUT2D eigenvalue weighted by Gasteiger charge is -1.95. The van der Waals surface area contributed by atoms with Crippen LogP contribution in [-0.2, 0) is 14.3 Å². The lowest BCUT2D eigenvalue weighted by atomic mass is 10.2. The van der Waals surface area contributed by atoms with Crippen molar-refractivity contribution in [1.29, 1.82) is 0 Å². The molecule has 21 heavy (non-hydrogen) atoms. The van der Waals surface area contributed by atoms with Crippen LogP contribution in [0, 0.1) is 0 Å². The van der Waals surface area contributed by atoms with Crippen molar-refractivity contribution in [3.8, 4) is 0 Å². The molecule has 3 nitrogen and oxygen atoms in total. The highest BCUT2D eigenvalue weighted by molar-refractivity contribution is 5.99. The zero-order valence-corrected chi connectivity index (χ0v) is 11.3. The largest absolute Gasteiger partial charge is 0.387 e. The molecule has 0 aliphatic carbocycles. The monoisotopic (exact) mass is 278 g/mol. The van der Waals surface area contributed by atoms with Crippen molar-refractivity contribution in [2.45, 2.75) is 0 Å². The molecule has 0 unspecified atom stereocenters. The molecule has 0 aliphatic rings. The molecule has 0 aromatic heterocycles. The maximum absolute atomic E-state index is 11.5. The van der Waals surface area contributed by atoms with Crippen LogP contribution in [0.1, 0.15) is 11.1 Å². The first-order chi connectivity index (χ1) is 10.2. The van der Waals surface area contributed by atoms with E-state index in [1.54, 1.807) is 12.2 Å². The van der Waals surface area contributed by atoms with Gasteiger partial charge in [-0.3, -0.25) is 0 Å². The Bertz CT molecular complexity index is 596. The summed E-state index contributed by atoms with van der Waals surface area (Å²) < 4.78 is 4.64. The minimum atomic E-state index is -0.693. The SMILES string of the molecule is O=C(C=Cc1ccccc1)OC(=O)/C=C/c1ccccc1. The van der Waals surface area contributed by atoms with Crippen LogP contribution in [0.5, 0.6) is 0 Å². The second-order valence-corrected chi connectivity index (χ2v) is 4.23. The van der Waals surface area contributed by atoms with Gasteiger partial charge in [0, 0.05) is 12.2 Å². The van der Waals surface area contributed by atoms with Gasteiger partial charge in [-0.05, 0) is 23.3 Å². The van der Waals surface area contributed by atoms with Crippen molar-refractivity contribution in [1.82, 2.24) is 0 Å². The Morgan fingerprint density at radius 3 is 1.43 bits per heavy atom. The first-order valence-electron chi connectivity index (χ1n) is 6.46. The Morgan fingerprint density at radius 2 is 1.05 bits per heavy atom. The van der Waals surface area contributed by atoms with E-state index in [2.05, 4.69) is 4.74 Å². The van der Waals surface area contributed by atoms with Gasteiger partial charge in [-0.2, -0.15) is 0 Å². The lowest BCUT2D eigenvalue weighted by Crippen LogP contribution is -2.06. The smallest absolute Gasteiger partial charge is 0.338 e. The molecule has 0 heterocycles. The maximum atomic E-state index is 11.5. The molecule has 0 amide bonds. The Hall–Kier alpha value is -2.94. The lowest BCUT2D eigenvalue weighted by molar-refractivity contribution is -0.152. The first kappa shape index (κ1) is 14.5. The zero-order chi connectivity index (χ0) is 14.9. The summed E-state index contributed by atoms with van der Waals surface area (Å²) in [6.45, 7) is 0. The third-order valence-corrected chi connectivity index (χ3v) is 2.62. The molecule has 0 bridgehead atoms. The van der Waals surface area contributed by atoms with Gasteiger partial charge in [-0.25, -0.2) is 9.59 Å². The third-order valence-electron chi connectivity index (χ3n) is 2.62. The standard InChI is InChI=1S/C18H14O3/c19-17(13-11-15-7-3-1-4-8-15)21-18(20)14-12-16-9-5-2-6-10-16/h1-14H/b13-11+,14-12?. The van der Waals surface area contributed by atoms with Crippen molar-refractivity contribution >= 4 is 24.1 Å². The molecule has 0 radical (unpaired) electrons. The molecule has 0 spiro atoms. The van der Waals surface area contributed by atoms with Crippen molar-refractivity contribution in [2.24, 2.45) is 0 Å². The van der Waals surface area contributed by atoms with Gasteiger partial charge in [-0.1, -0.05) is 60.7 Å². The Kier molecular flexibility index (Phi) is 5.24. The van der Waals surface area contributed by atoms with E-state index in [0.29, 0.717) is 0 Å². The van der Waals surface area contributed by atoms with E-state index < -0.39 is 11.9 Å². The zero-order valence-electron chi connectivity index (χ0n) is 11.3. The topological polar surface area (TPSA) is 43.4 Å². The van der Waals surface area contributed by atoms with Crippen LogP contribution < -0.4 is 0 Å². The summed E-state index contributed by atoms with van der Waals surface area (Å²) in [5, 5.41) is 0. The summed E-state index contributed by atoms with van der Waals surface area (Å²) in [7, 11) is 0. The molecule has 0 fully saturated rings. The van der Waals surface area contributed by atoms with Gasteiger partial charge in [0.2, 0.25) is 0 Å². The highest BCUT2D eigenvalue weighted by atomic mass is 16.6. The number of carbonyl (C=O) groups is 2. The number of carbonyl (C=O) groups excluding carboxylic acids is 2. The molecule has 0 aliphatic heterocycles. The van der Waals surface area contributed by atoms with E-state index in [0.717, 1.165) is 11.1 Å².